The Hall–Kier alpha value is -2.30. The molecule has 0 aliphatic heterocycles. The second kappa shape index (κ2) is 5.99. The van der Waals surface area contributed by atoms with E-state index in [9.17, 15) is 0 Å². The minimum absolute atomic E-state index is 0.107. The lowest BCUT2D eigenvalue weighted by molar-refractivity contribution is 0.508. The van der Waals surface area contributed by atoms with E-state index in [4.69, 9.17) is 10.2 Å². The maximum Gasteiger partial charge on any atom is 0.226 e. The molecule has 0 amide bonds. The highest BCUT2D eigenvalue weighted by Gasteiger charge is 2.10. The molecule has 0 radical (unpaired) electrons. The molecule has 2 aromatic rings. The van der Waals surface area contributed by atoms with E-state index in [0.717, 1.165) is 11.3 Å². The normalized spacial score (nSPS) is 12.5. The largest absolute Gasteiger partial charge is 0.444 e. The number of nitrogens with one attached hydrogen (secondary N) is 1. The van der Waals surface area contributed by atoms with Crippen LogP contribution in [0.25, 0.3) is 11.5 Å². The fourth-order valence-electron chi connectivity index (χ4n) is 1.80. The number of hydrogen-bond donors (Lipinski definition) is 2. The van der Waals surface area contributed by atoms with Crippen molar-refractivity contribution in [3.05, 3.63) is 41.8 Å². The van der Waals surface area contributed by atoms with Crippen molar-refractivity contribution >= 4 is 5.96 Å². The van der Waals surface area contributed by atoms with E-state index < -0.39 is 0 Å². The van der Waals surface area contributed by atoms with Crippen LogP contribution in [-0.4, -0.2) is 16.5 Å². The van der Waals surface area contributed by atoms with Gasteiger partial charge in [0.05, 0.1) is 6.54 Å². The van der Waals surface area contributed by atoms with E-state index in [1.807, 2.05) is 52.0 Å². The number of nitrogens with zero attached hydrogens (tertiary/aromatic N) is 2. The molecular formula is C16H22N4O. The third kappa shape index (κ3) is 4.63. The molecule has 5 heteroatoms. The van der Waals surface area contributed by atoms with E-state index in [1.165, 1.54) is 5.56 Å². The summed E-state index contributed by atoms with van der Waals surface area (Å²) in [5.74, 6) is 1.00. The first-order valence-electron chi connectivity index (χ1n) is 6.93. The summed E-state index contributed by atoms with van der Waals surface area (Å²) in [6, 6.07) is 8.04. The van der Waals surface area contributed by atoms with Gasteiger partial charge in [0.25, 0.3) is 0 Å². The number of oxazole rings is 1. The van der Waals surface area contributed by atoms with Crippen LogP contribution in [0.3, 0.4) is 0 Å². The van der Waals surface area contributed by atoms with Crippen LogP contribution in [-0.2, 0) is 6.54 Å². The second-order valence-electron chi connectivity index (χ2n) is 6.09. The second-order valence-corrected chi connectivity index (χ2v) is 6.09. The predicted octanol–water partition coefficient (Wildman–Crippen LogP) is 2.85. The maximum atomic E-state index is 5.82. The van der Waals surface area contributed by atoms with Gasteiger partial charge in [-0.2, -0.15) is 0 Å². The average Bonchev–Trinajstić information content (AvgIpc) is 2.84. The van der Waals surface area contributed by atoms with Gasteiger partial charge in [-0.15, -0.1) is 0 Å². The average molecular weight is 286 g/mol. The number of aryl methyl sites for hydroxylation is 1. The lowest BCUT2D eigenvalue weighted by Gasteiger charge is -2.20. The fraction of sp³-hybridized carbons (Fsp3) is 0.375. The molecule has 0 aliphatic rings. The molecule has 3 N–H and O–H groups in total. The van der Waals surface area contributed by atoms with Crippen molar-refractivity contribution in [2.24, 2.45) is 10.7 Å². The number of rotatable bonds is 3. The summed E-state index contributed by atoms with van der Waals surface area (Å²) in [6.07, 6.45) is 1.61. The summed E-state index contributed by atoms with van der Waals surface area (Å²) in [6.45, 7) is 8.53. The smallest absolute Gasteiger partial charge is 0.226 e. The van der Waals surface area contributed by atoms with Crippen molar-refractivity contribution in [2.75, 3.05) is 0 Å². The first-order chi connectivity index (χ1) is 9.83. The Balaban J connectivity index is 2.03. The van der Waals surface area contributed by atoms with Crippen molar-refractivity contribution in [1.82, 2.24) is 10.3 Å². The molecule has 0 saturated heterocycles. The molecule has 1 aromatic carbocycles. The number of aromatic nitrogens is 1. The van der Waals surface area contributed by atoms with Gasteiger partial charge in [0.2, 0.25) is 5.89 Å². The van der Waals surface area contributed by atoms with Gasteiger partial charge >= 0.3 is 0 Å². The first kappa shape index (κ1) is 15.1. The van der Waals surface area contributed by atoms with Gasteiger partial charge in [0, 0.05) is 11.1 Å². The zero-order valence-corrected chi connectivity index (χ0v) is 13.0. The van der Waals surface area contributed by atoms with Crippen molar-refractivity contribution in [1.29, 1.82) is 0 Å². The lowest BCUT2D eigenvalue weighted by atomic mass is 10.1. The van der Waals surface area contributed by atoms with Crippen LogP contribution in [0.2, 0.25) is 0 Å². The molecule has 0 saturated carbocycles. The molecule has 0 atom stereocenters. The third-order valence-electron chi connectivity index (χ3n) is 2.76. The molecule has 2 rings (SSSR count). The van der Waals surface area contributed by atoms with Crippen LogP contribution in [0.15, 0.2) is 39.9 Å². The molecule has 1 aromatic heterocycles. The summed E-state index contributed by atoms with van der Waals surface area (Å²) in [5.41, 5.74) is 8.63. The maximum absolute atomic E-state index is 5.82. The molecule has 0 bridgehead atoms. The minimum Gasteiger partial charge on any atom is -0.444 e. The van der Waals surface area contributed by atoms with E-state index in [1.54, 1.807) is 6.26 Å². The summed E-state index contributed by atoms with van der Waals surface area (Å²) in [5, 5.41) is 3.10. The fourth-order valence-corrected chi connectivity index (χ4v) is 1.80. The van der Waals surface area contributed by atoms with Gasteiger partial charge in [-0.3, -0.25) is 0 Å². The summed E-state index contributed by atoms with van der Waals surface area (Å²) in [7, 11) is 0. The van der Waals surface area contributed by atoms with Gasteiger partial charge in [0.15, 0.2) is 5.96 Å². The quantitative estimate of drug-likeness (QED) is 0.672. The highest BCUT2D eigenvalue weighted by molar-refractivity contribution is 5.78. The topological polar surface area (TPSA) is 76.4 Å². The number of guanidine groups is 1. The van der Waals surface area contributed by atoms with E-state index >= 15 is 0 Å². The van der Waals surface area contributed by atoms with Crippen molar-refractivity contribution in [3.8, 4) is 11.5 Å². The van der Waals surface area contributed by atoms with Crippen molar-refractivity contribution in [2.45, 2.75) is 39.8 Å². The molecule has 1 heterocycles. The van der Waals surface area contributed by atoms with Crippen LogP contribution >= 0.6 is 0 Å². The number of aliphatic imine (C=N–C) groups is 1. The Morgan fingerprint density at radius 1 is 1.29 bits per heavy atom. The van der Waals surface area contributed by atoms with Crippen LogP contribution < -0.4 is 11.1 Å². The van der Waals surface area contributed by atoms with Crippen LogP contribution in [0.1, 0.15) is 32.0 Å². The monoisotopic (exact) mass is 286 g/mol. The van der Waals surface area contributed by atoms with Gasteiger partial charge in [-0.1, -0.05) is 17.7 Å². The number of hydrogen-bond acceptors (Lipinski definition) is 3. The lowest BCUT2D eigenvalue weighted by Crippen LogP contribution is -2.44. The Morgan fingerprint density at radius 2 is 1.95 bits per heavy atom. The SMILES string of the molecule is Cc1ccc(-c2nc(CN=C(N)NC(C)(C)C)co2)cc1. The summed E-state index contributed by atoms with van der Waals surface area (Å²) in [4.78, 5) is 8.68. The zero-order valence-electron chi connectivity index (χ0n) is 13.0. The predicted molar refractivity (Wildman–Crippen MR) is 84.9 cm³/mol. The molecule has 21 heavy (non-hydrogen) atoms. The van der Waals surface area contributed by atoms with Crippen LogP contribution in [0, 0.1) is 6.92 Å². The standard InChI is InChI=1S/C16H22N4O/c1-11-5-7-12(8-6-11)14-19-13(10-21-14)9-18-15(17)20-16(2,3)4/h5-8,10H,9H2,1-4H3,(H3,17,18,20). The van der Waals surface area contributed by atoms with Crippen LogP contribution in [0.5, 0.6) is 0 Å². The number of benzene rings is 1. The van der Waals surface area contributed by atoms with E-state index in [-0.39, 0.29) is 5.54 Å². The Kier molecular flexibility index (Phi) is 4.31. The van der Waals surface area contributed by atoms with Gasteiger partial charge in [-0.05, 0) is 39.8 Å². The van der Waals surface area contributed by atoms with E-state index in [0.29, 0.717) is 18.4 Å². The van der Waals surface area contributed by atoms with Crippen molar-refractivity contribution in [3.63, 3.8) is 0 Å². The molecular weight excluding hydrogens is 264 g/mol. The van der Waals surface area contributed by atoms with Gasteiger partial charge in [-0.25, -0.2) is 9.98 Å². The summed E-state index contributed by atoms with van der Waals surface area (Å²) >= 11 is 0. The van der Waals surface area contributed by atoms with Crippen LogP contribution in [0.4, 0.5) is 0 Å². The van der Waals surface area contributed by atoms with Gasteiger partial charge in [0.1, 0.15) is 12.0 Å². The third-order valence-corrected chi connectivity index (χ3v) is 2.76. The zero-order chi connectivity index (χ0) is 15.5. The van der Waals surface area contributed by atoms with E-state index in [2.05, 4.69) is 15.3 Å². The highest BCUT2D eigenvalue weighted by Crippen LogP contribution is 2.19. The molecule has 5 nitrogen and oxygen atoms in total. The first-order valence-corrected chi connectivity index (χ1v) is 6.93. The van der Waals surface area contributed by atoms with Gasteiger partial charge < -0.3 is 15.5 Å². The molecule has 0 spiro atoms. The molecule has 0 fully saturated rings. The number of nitrogens with two attached hydrogens (primary N) is 1. The Labute approximate surface area is 125 Å². The summed E-state index contributed by atoms with van der Waals surface area (Å²) < 4.78 is 5.48. The molecule has 0 aliphatic carbocycles. The molecule has 112 valence electrons. The Bertz CT molecular complexity index is 620. The minimum atomic E-state index is -0.107. The van der Waals surface area contributed by atoms with Crippen molar-refractivity contribution < 1.29 is 4.42 Å². The molecule has 0 unspecified atom stereocenters. The Morgan fingerprint density at radius 3 is 2.57 bits per heavy atom. The highest BCUT2D eigenvalue weighted by atomic mass is 16.3.